The van der Waals surface area contributed by atoms with Crippen molar-refractivity contribution in [2.75, 3.05) is 11.9 Å². The normalized spacial score (nSPS) is 13.0. The molecule has 132 valence electrons. The molecule has 2 aromatic carbocycles. The largest absolute Gasteiger partial charge is 0.457 e. The van der Waals surface area contributed by atoms with Crippen molar-refractivity contribution in [2.45, 2.75) is 32.8 Å². The van der Waals surface area contributed by atoms with Crippen molar-refractivity contribution < 1.29 is 9.84 Å². The van der Waals surface area contributed by atoms with Gasteiger partial charge in [-0.2, -0.15) is 0 Å². The monoisotopic (exact) mass is 338 g/mol. The van der Waals surface area contributed by atoms with Gasteiger partial charge >= 0.3 is 0 Å². The zero-order valence-corrected chi connectivity index (χ0v) is 15.3. The summed E-state index contributed by atoms with van der Waals surface area (Å²) >= 11 is 0. The molecule has 0 spiro atoms. The van der Waals surface area contributed by atoms with Gasteiger partial charge in [0, 0.05) is 12.7 Å². The highest BCUT2D eigenvalue weighted by Gasteiger charge is 2.23. The van der Waals surface area contributed by atoms with Crippen LogP contribution in [0.15, 0.2) is 49.1 Å². The number of nitrogens with zero attached hydrogens (tertiary/aromatic N) is 1. The Labute approximate surface area is 149 Å². The smallest absolute Gasteiger partial charge is 0.130 e. The fourth-order valence-corrected chi connectivity index (χ4v) is 2.76. The molecule has 2 aromatic rings. The first-order valence-corrected chi connectivity index (χ1v) is 8.33. The summed E-state index contributed by atoms with van der Waals surface area (Å²) in [6.07, 6.45) is 3.39. The van der Waals surface area contributed by atoms with Crippen molar-refractivity contribution in [3.05, 3.63) is 65.7 Å². The molecule has 0 heterocycles. The van der Waals surface area contributed by atoms with E-state index in [2.05, 4.69) is 6.58 Å². The molecule has 0 aromatic heterocycles. The van der Waals surface area contributed by atoms with Gasteiger partial charge in [-0.25, -0.2) is 0 Å². The van der Waals surface area contributed by atoms with Gasteiger partial charge in [-0.05, 0) is 61.2 Å². The first-order valence-electron chi connectivity index (χ1n) is 8.33. The molecule has 4 nitrogen and oxygen atoms in total. The van der Waals surface area contributed by atoms with Crippen LogP contribution < -0.4 is 9.64 Å². The molecule has 0 saturated carbocycles. The Balaban J connectivity index is 2.36. The van der Waals surface area contributed by atoms with Crippen molar-refractivity contribution in [3.63, 3.8) is 0 Å². The van der Waals surface area contributed by atoms with Crippen molar-refractivity contribution in [3.8, 4) is 11.5 Å². The number of aliphatic hydroxyl groups is 1. The van der Waals surface area contributed by atoms with Crippen LogP contribution in [0.3, 0.4) is 0 Å². The second-order valence-electron chi connectivity index (χ2n) is 6.26. The van der Waals surface area contributed by atoms with E-state index < -0.39 is 5.60 Å². The predicted octanol–water partition coefficient (Wildman–Crippen LogP) is 4.92. The molecular weight excluding hydrogens is 312 g/mol. The number of hydrogen-bond donors (Lipinski definition) is 2. The third-order valence-corrected chi connectivity index (χ3v) is 4.51. The van der Waals surface area contributed by atoms with E-state index in [1.165, 1.54) is 6.34 Å². The standard InChI is InChI=1S/C21H26N2O2/c1-6-21(24,7-2)17-9-8-10-18(13-17)25-20-12-15(3)19(11-16(20)4)23(5)14-22/h6,8-14,22,24H,1,7H2,2-5H3. The number of aryl methyl sites for hydroxylation is 2. The van der Waals surface area contributed by atoms with Crippen LogP contribution in [0.5, 0.6) is 11.5 Å². The summed E-state index contributed by atoms with van der Waals surface area (Å²) in [7, 11) is 1.85. The van der Waals surface area contributed by atoms with Crippen molar-refractivity contribution in [1.29, 1.82) is 5.41 Å². The zero-order chi connectivity index (χ0) is 18.6. The van der Waals surface area contributed by atoms with Gasteiger partial charge in [-0.1, -0.05) is 31.7 Å². The number of rotatable bonds is 7. The Hall–Kier alpha value is -2.59. The van der Waals surface area contributed by atoms with Gasteiger partial charge in [-0.3, -0.25) is 5.41 Å². The second-order valence-corrected chi connectivity index (χ2v) is 6.26. The molecule has 0 aliphatic heterocycles. The molecule has 1 unspecified atom stereocenters. The minimum Gasteiger partial charge on any atom is -0.457 e. The summed E-state index contributed by atoms with van der Waals surface area (Å²) < 4.78 is 6.06. The minimum atomic E-state index is -1.05. The van der Waals surface area contributed by atoms with Gasteiger partial charge in [0.25, 0.3) is 0 Å². The molecule has 0 fully saturated rings. The highest BCUT2D eigenvalue weighted by atomic mass is 16.5. The molecule has 0 aliphatic rings. The van der Waals surface area contributed by atoms with E-state index in [-0.39, 0.29) is 0 Å². The molecule has 2 rings (SSSR count). The number of benzene rings is 2. The van der Waals surface area contributed by atoms with E-state index >= 15 is 0 Å². The molecule has 0 bridgehead atoms. The third-order valence-electron chi connectivity index (χ3n) is 4.51. The summed E-state index contributed by atoms with van der Waals surface area (Å²) in [6, 6.07) is 11.4. The van der Waals surface area contributed by atoms with Crippen LogP contribution in [0.4, 0.5) is 5.69 Å². The highest BCUT2D eigenvalue weighted by molar-refractivity contribution is 5.78. The molecule has 4 heteroatoms. The summed E-state index contributed by atoms with van der Waals surface area (Å²) in [6.45, 7) is 9.63. The zero-order valence-electron chi connectivity index (χ0n) is 15.3. The first-order chi connectivity index (χ1) is 11.8. The maximum atomic E-state index is 10.6. The summed E-state index contributed by atoms with van der Waals surface area (Å²) in [5, 5.41) is 18.0. The van der Waals surface area contributed by atoms with Crippen LogP contribution >= 0.6 is 0 Å². The van der Waals surface area contributed by atoms with E-state index in [4.69, 9.17) is 10.1 Å². The van der Waals surface area contributed by atoms with Crippen LogP contribution in [-0.2, 0) is 5.60 Å². The van der Waals surface area contributed by atoms with Gasteiger partial charge < -0.3 is 14.7 Å². The van der Waals surface area contributed by atoms with Crippen LogP contribution in [0.1, 0.15) is 30.0 Å². The van der Waals surface area contributed by atoms with E-state index in [1.807, 2.05) is 64.2 Å². The number of hydrogen-bond acceptors (Lipinski definition) is 3. The second kappa shape index (κ2) is 7.53. The maximum absolute atomic E-state index is 10.6. The molecular formula is C21H26N2O2. The number of anilines is 1. The molecule has 0 aliphatic carbocycles. The lowest BCUT2D eigenvalue weighted by molar-refractivity contribution is 0.0854. The molecule has 0 saturated heterocycles. The minimum absolute atomic E-state index is 0.544. The predicted molar refractivity (Wildman–Crippen MR) is 104 cm³/mol. The van der Waals surface area contributed by atoms with Crippen molar-refractivity contribution in [1.82, 2.24) is 0 Å². The maximum Gasteiger partial charge on any atom is 0.130 e. The Morgan fingerprint density at radius 1 is 1.24 bits per heavy atom. The van der Waals surface area contributed by atoms with Crippen LogP contribution in [-0.4, -0.2) is 18.5 Å². The van der Waals surface area contributed by atoms with E-state index in [1.54, 1.807) is 11.0 Å². The molecule has 2 N–H and O–H groups in total. The average Bonchev–Trinajstić information content (AvgIpc) is 2.63. The highest BCUT2D eigenvalue weighted by Crippen LogP contribution is 2.34. The van der Waals surface area contributed by atoms with Crippen LogP contribution in [0, 0.1) is 19.3 Å². The van der Waals surface area contributed by atoms with Crippen LogP contribution in [0.2, 0.25) is 0 Å². The van der Waals surface area contributed by atoms with Gasteiger partial charge in [-0.15, -0.1) is 0 Å². The van der Waals surface area contributed by atoms with Gasteiger partial charge in [0.1, 0.15) is 17.1 Å². The van der Waals surface area contributed by atoms with Gasteiger partial charge in [0.05, 0.1) is 6.34 Å². The fourth-order valence-electron chi connectivity index (χ4n) is 2.76. The molecule has 0 amide bonds. The van der Waals surface area contributed by atoms with Crippen LogP contribution in [0.25, 0.3) is 0 Å². The fraction of sp³-hybridized carbons (Fsp3) is 0.286. The average molecular weight is 338 g/mol. The Morgan fingerprint density at radius 3 is 2.56 bits per heavy atom. The number of nitrogens with one attached hydrogen (secondary N) is 1. The SMILES string of the molecule is C=CC(O)(CC)c1cccc(Oc2cc(C)c(N(C)C=N)cc2C)c1. The Kier molecular flexibility index (Phi) is 5.65. The molecule has 1 atom stereocenters. The third kappa shape index (κ3) is 3.91. The van der Waals surface area contributed by atoms with Gasteiger partial charge in [0.2, 0.25) is 0 Å². The quantitative estimate of drug-likeness (QED) is 0.428. The summed E-state index contributed by atoms with van der Waals surface area (Å²) in [5.41, 5.74) is 2.69. The van der Waals surface area contributed by atoms with Crippen molar-refractivity contribution >= 4 is 12.0 Å². The lowest BCUT2D eigenvalue weighted by Crippen LogP contribution is -2.21. The Bertz CT molecular complexity index is 785. The van der Waals surface area contributed by atoms with Gasteiger partial charge in [0.15, 0.2) is 0 Å². The summed E-state index contributed by atoms with van der Waals surface area (Å²) in [4.78, 5) is 1.76. The topological polar surface area (TPSA) is 56.6 Å². The first kappa shape index (κ1) is 18.7. The molecule has 25 heavy (non-hydrogen) atoms. The molecule has 0 radical (unpaired) electrons. The van der Waals surface area contributed by atoms with E-state index in [9.17, 15) is 5.11 Å². The van der Waals surface area contributed by atoms with E-state index in [0.29, 0.717) is 12.2 Å². The lowest BCUT2D eigenvalue weighted by atomic mass is 9.91. The Morgan fingerprint density at radius 2 is 1.96 bits per heavy atom. The summed E-state index contributed by atoms with van der Waals surface area (Å²) in [5.74, 6) is 1.43. The lowest BCUT2D eigenvalue weighted by Gasteiger charge is -2.24. The van der Waals surface area contributed by atoms with E-state index in [0.717, 1.165) is 28.1 Å². The van der Waals surface area contributed by atoms with Crippen molar-refractivity contribution in [2.24, 2.45) is 0 Å². The number of ether oxygens (including phenoxy) is 1.